The smallest absolute Gasteiger partial charge is 0.257 e. The molecule has 2 aliphatic rings. The molecule has 0 unspecified atom stereocenters. The van der Waals surface area contributed by atoms with E-state index >= 15 is 0 Å². The standard InChI is InChI=1S/C15H20N2O4/c1-8-5-10(9(2)21-8)14(18)17-6-11-12(7-17)16(3)15(19)13(11)20-4/h5,11-13H,6-7H2,1-4H3/t11-,12+,13-/m0/s1. The topological polar surface area (TPSA) is 63.0 Å². The van der Waals surface area contributed by atoms with E-state index in [4.69, 9.17) is 9.15 Å². The molecule has 2 saturated heterocycles. The number of aryl methyl sites for hydroxylation is 2. The van der Waals surface area contributed by atoms with Gasteiger partial charge in [-0.1, -0.05) is 0 Å². The van der Waals surface area contributed by atoms with Gasteiger partial charge in [0.15, 0.2) is 0 Å². The van der Waals surface area contributed by atoms with Crippen LogP contribution in [0.2, 0.25) is 0 Å². The van der Waals surface area contributed by atoms with Gasteiger partial charge in [0, 0.05) is 33.2 Å². The highest BCUT2D eigenvalue weighted by Crippen LogP contribution is 2.34. The van der Waals surface area contributed by atoms with Crippen molar-refractivity contribution in [1.29, 1.82) is 0 Å². The summed E-state index contributed by atoms with van der Waals surface area (Å²) in [7, 11) is 3.33. The van der Waals surface area contributed by atoms with E-state index in [9.17, 15) is 9.59 Å². The summed E-state index contributed by atoms with van der Waals surface area (Å²) in [5.74, 6) is 1.40. The number of nitrogens with zero attached hydrogens (tertiary/aromatic N) is 2. The number of rotatable bonds is 2. The molecule has 6 heteroatoms. The van der Waals surface area contributed by atoms with Gasteiger partial charge < -0.3 is 19.0 Å². The van der Waals surface area contributed by atoms with Gasteiger partial charge in [-0.25, -0.2) is 0 Å². The van der Waals surface area contributed by atoms with Crippen LogP contribution in [0.25, 0.3) is 0 Å². The molecule has 6 nitrogen and oxygen atoms in total. The molecule has 2 amide bonds. The van der Waals surface area contributed by atoms with Gasteiger partial charge in [0.2, 0.25) is 0 Å². The molecule has 0 bridgehead atoms. The van der Waals surface area contributed by atoms with Crippen molar-refractivity contribution in [2.24, 2.45) is 5.92 Å². The fraction of sp³-hybridized carbons (Fsp3) is 0.600. The summed E-state index contributed by atoms with van der Waals surface area (Å²) >= 11 is 0. The van der Waals surface area contributed by atoms with Crippen LogP contribution in [-0.4, -0.2) is 61.0 Å². The molecule has 0 aliphatic carbocycles. The van der Waals surface area contributed by atoms with Crippen molar-refractivity contribution in [1.82, 2.24) is 9.80 Å². The molecule has 0 spiro atoms. The molecule has 1 aromatic heterocycles. The first-order valence-electron chi connectivity index (χ1n) is 7.09. The first-order chi connectivity index (χ1) is 9.93. The zero-order valence-corrected chi connectivity index (χ0v) is 12.8. The molecule has 3 heterocycles. The third kappa shape index (κ3) is 2.05. The maximum Gasteiger partial charge on any atom is 0.257 e. The number of carbonyl (C=O) groups is 2. The van der Waals surface area contributed by atoms with Crippen LogP contribution in [0.5, 0.6) is 0 Å². The minimum Gasteiger partial charge on any atom is -0.466 e. The summed E-state index contributed by atoms with van der Waals surface area (Å²) in [5, 5.41) is 0. The number of carbonyl (C=O) groups excluding carboxylic acids is 2. The number of hydrogen-bond acceptors (Lipinski definition) is 4. The first kappa shape index (κ1) is 14.1. The molecule has 0 N–H and O–H groups in total. The molecule has 0 aromatic carbocycles. The third-order valence-electron chi connectivity index (χ3n) is 4.62. The van der Waals surface area contributed by atoms with E-state index in [1.54, 1.807) is 36.9 Å². The summed E-state index contributed by atoms with van der Waals surface area (Å²) < 4.78 is 10.8. The lowest BCUT2D eigenvalue weighted by Gasteiger charge is -2.21. The van der Waals surface area contributed by atoms with E-state index in [1.165, 1.54) is 0 Å². The normalized spacial score (nSPS) is 28.4. The second-order valence-electron chi connectivity index (χ2n) is 5.87. The number of ether oxygens (including phenoxy) is 1. The van der Waals surface area contributed by atoms with Crippen LogP contribution >= 0.6 is 0 Å². The molecule has 3 atom stereocenters. The number of fused-ring (bicyclic) bond motifs is 1. The van der Waals surface area contributed by atoms with Crippen molar-refractivity contribution >= 4 is 11.8 Å². The molecule has 2 aliphatic heterocycles. The van der Waals surface area contributed by atoms with Crippen LogP contribution in [0.4, 0.5) is 0 Å². The molecule has 21 heavy (non-hydrogen) atoms. The molecule has 1 aromatic rings. The van der Waals surface area contributed by atoms with Crippen LogP contribution in [0.1, 0.15) is 21.9 Å². The first-order valence-corrected chi connectivity index (χ1v) is 7.09. The minimum absolute atomic E-state index is 0.00920. The number of furan rings is 1. The van der Waals surface area contributed by atoms with E-state index in [1.807, 2.05) is 6.92 Å². The Morgan fingerprint density at radius 1 is 1.38 bits per heavy atom. The maximum atomic E-state index is 12.6. The fourth-order valence-electron chi connectivity index (χ4n) is 3.52. The van der Waals surface area contributed by atoms with Gasteiger partial charge in [-0.15, -0.1) is 0 Å². The quantitative estimate of drug-likeness (QED) is 0.810. The zero-order chi connectivity index (χ0) is 15.3. The molecule has 0 radical (unpaired) electrons. The van der Waals surface area contributed by atoms with E-state index in [0.29, 0.717) is 24.4 Å². The number of likely N-dealkylation sites (tertiary alicyclic amines) is 2. The largest absolute Gasteiger partial charge is 0.466 e. The van der Waals surface area contributed by atoms with Crippen molar-refractivity contribution in [3.05, 3.63) is 23.2 Å². The average molecular weight is 292 g/mol. The summed E-state index contributed by atoms with van der Waals surface area (Å²) in [5.41, 5.74) is 0.607. The van der Waals surface area contributed by atoms with E-state index < -0.39 is 6.10 Å². The molecular formula is C15H20N2O4. The van der Waals surface area contributed by atoms with Gasteiger partial charge in [-0.2, -0.15) is 0 Å². The van der Waals surface area contributed by atoms with Crippen LogP contribution < -0.4 is 0 Å². The predicted octanol–water partition coefficient (Wildman–Crippen LogP) is 0.824. The number of amides is 2. The molecule has 3 rings (SSSR count). The van der Waals surface area contributed by atoms with Crippen molar-refractivity contribution in [3.8, 4) is 0 Å². The summed E-state index contributed by atoms with van der Waals surface area (Å²) in [4.78, 5) is 28.2. The van der Waals surface area contributed by atoms with E-state index in [-0.39, 0.29) is 23.8 Å². The van der Waals surface area contributed by atoms with Crippen LogP contribution in [0.15, 0.2) is 10.5 Å². The summed E-state index contributed by atoms with van der Waals surface area (Å²) in [6.45, 7) is 4.72. The molecule has 0 saturated carbocycles. The highest BCUT2D eigenvalue weighted by molar-refractivity contribution is 5.96. The van der Waals surface area contributed by atoms with Crippen molar-refractivity contribution < 1.29 is 18.7 Å². The van der Waals surface area contributed by atoms with Gasteiger partial charge in [-0.3, -0.25) is 9.59 Å². The molecule has 2 fully saturated rings. The maximum absolute atomic E-state index is 12.6. The Morgan fingerprint density at radius 2 is 2.10 bits per heavy atom. The summed E-state index contributed by atoms with van der Waals surface area (Å²) in [6.07, 6.45) is -0.440. The fourth-order valence-corrected chi connectivity index (χ4v) is 3.52. The Morgan fingerprint density at radius 3 is 2.67 bits per heavy atom. The third-order valence-corrected chi connectivity index (χ3v) is 4.62. The lowest BCUT2D eigenvalue weighted by Crippen LogP contribution is -2.39. The molecular weight excluding hydrogens is 272 g/mol. The van der Waals surface area contributed by atoms with E-state index in [2.05, 4.69) is 0 Å². The van der Waals surface area contributed by atoms with Crippen LogP contribution in [0, 0.1) is 19.8 Å². The van der Waals surface area contributed by atoms with Crippen molar-refractivity contribution in [3.63, 3.8) is 0 Å². The van der Waals surface area contributed by atoms with E-state index in [0.717, 1.165) is 5.76 Å². The van der Waals surface area contributed by atoms with Crippen LogP contribution in [-0.2, 0) is 9.53 Å². The minimum atomic E-state index is -0.440. The van der Waals surface area contributed by atoms with Crippen molar-refractivity contribution in [2.75, 3.05) is 27.2 Å². The number of likely N-dealkylation sites (N-methyl/N-ethyl adjacent to an activating group) is 1. The summed E-state index contributed by atoms with van der Waals surface area (Å²) in [6, 6.07) is 1.81. The Labute approximate surface area is 123 Å². The van der Waals surface area contributed by atoms with Gasteiger partial charge >= 0.3 is 0 Å². The highest BCUT2D eigenvalue weighted by Gasteiger charge is 2.52. The molecule has 114 valence electrons. The number of methoxy groups -OCH3 is 1. The van der Waals surface area contributed by atoms with Crippen LogP contribution in [0.3, 0.4) is 0 Å². The predicted molar refractivity (Wildman–Crippen MR) is 74.9 cm³/mol. The van der Waals surface area contributed by atoms with Crippen molar-refractivity contribution in [2.45, 2.75) is 26.0 Å². The number of hydrogen-bond donors (Lipinski definition) is 0. The highest BCUT2D eigenvalue weighted by atomic mass is 16.5. The van der Waals surface area contributed by atoms with Gasteiger partial charge in [0.05, 0.1) is 11.6 Å². The Balaban J connectivity index is 1.80. The SMILES string of the molecule is CO[C@@H]1C(=O)N(C)[C@@H]2CN(C(=O)c3cc(C)oc3C)C[C@H]12. The average Bonchev–Trinajstić information content (AvgIpc) is 3.06. The zero-order valence-electron chi connectivity index (χ0n) is 12.8. The Hall–Kier alpha value is -1.82. The second-order valence-corrected chi connectivity index (χ2v) is 5.87. The monoisotopic (exact) mass is 292 g/mol. The van der Waals surface area contributed by atoms with Gasteiger partial charge in [0.1, 0.15) is 17.6 Å². The lowest BCUT2D eigenvalue weighted by molar-refractivity contribution is -0.136. The Bertz CT molecular complexity index is 594. The second kappa shape index (κ2) is 4.87. The Kier molecular flexibility index (Phi) is 3.28. The van der Waals surface area contributed by atoms with Gasteiger partial charge in [0.25, 0.3) is 11.8 Å². The lowest BCUT2D eigenvalue weighted by atomic mass is 10.0. The van der Waals surface area contributed by atoms with Gasteiger partial charge in [-0.05, 0) is 19.9 Å².